The van der Waals surface area contributed by atoms with E-state index in [0.29, 0.717) is 25.0 Å². The van der Waals surface area contributed by atoms with Crippen molar-refractivity contribution in [1.82, 2.24) is 15.1 Å². The number of ether oxygens (including phenoxy) is 4. The number of halogens is 5. The van der Waals surface area contributed by atoms with Gasteiger partial charge in [0.25, 0.3) is 0 Å². The van der Waals surface area contributed by atoms with Gasteiger partial charge in [-0.3, -0.25) is 33.8 Å². The van der Waals surface area contributed by atoms with E-state index in [4.69, 9.17) is 43.1 Å². The van der Waals surface area contributed by atoms with Crippen LogP contribution in [0.4, 0.5) is 0 Å². The van der Waals surface area contributed by atoms with Crippen LogP contribution in [-0.2, 0) is 56.0 Å². The van der Waals surface area contributed by atoms with Crippen LogP contribution in [0.5, 0.6) is 0 Å². The second-order valence-corrected chi connectivity index (χ2v) is 18.5. The fraction of sp³-hybridized carbons (Fsp3) is 0.630. The Morgan fingerprint density at radius 3 is 1.53 bits per heavy atom. The van der Waals surface area contributed by atoms with Crippen molar-refractivity contribution in [3.05, 3.63) is 68.7 Å². The monoisotopic (exact) mass is 1270 g/mol. The van der Waals surface area contributed by atoms with E-state index < -0.39 is 29.3 Å². The van der Waals surface area contributed by atoms with Gasteiger partial charge in [-0.2, -0.15) is 0 Å². The molecule has 0 spiro atoms. The van der Waals surface area contributed by atoms with Crippen molar-refractivity contribution < 1.29 is 42.9 Å². The van der Waals surface area contributed by atoms with Crippen molar-refractivity contribution >= 4 is 114 Å². The molecule has 64 heavy (non-hydrogen) atoms. The molecule has 0 radical (unpaired) electrons. The van der Waals surface area contributed by atoms with Crippen LogP contribution < -0.4 is 11.1 Å². The number of rotatable bonds is 14. The van der Waals surface area contributed by atoms with Crippen LogP contribution in [0.25, 0.3) is 0 Å². The van der Waals surface area contributed by atoms with E-state index >= 15 is 0 Å². The van der Waals surface area contributed by atoms with Crippen LogP contribution in [0.3, 0.4) is 0 Å². The SMILES string of the molecule is COC(=O)[C@@H](CCC(=O)OC(C)(C)C)NC1CCN(Cc2ccc(Cl)c(C)c2)CC1.COC(=O)[C@H](N)CCC(=O)OC(C)(C)C.Cc1cc(CN2CCC(=O)CC2)ccc1Cl.I.II. The number of piperidine rings is 2. The van der Waals surface area contributed by atoms with E-state index in [2.05, 4.69) is 81.4 Å². The van der Waals surface area contributed by atoms with Gasteiger partial charge < -0.3 is 30.0 Å². The molecule has 2 atom stereocenters. The number of Topliss-reactive ketones (excluding diaryl/α,β-unsaturated/α-hetero) is 1. The lowest BCUT2D eigenvalue weighted by atomic mass is 10.0. The molecule has 2 aliphatic heterocycles. The topological polar surface area (TPSA) is 167 Å². The maximum atomic E-state index is 12.2. The molecule has 0 bridgehead atoms. The van der Waals surface area contributed by atoms with Crippen molar-refractivity contribution in [3.8, 4) is 0 Å². The van der Waals surface area contributed by atoms with Crippen LogP contribution in [-0.4, -0.2) is 109 Å². The normalized spacial score (nSPS) is 15.5. The summed E-state index contributed by atoms with van der Waals surface area (Å²) < 4.78 is 19.8. The average Bonchev–Trinajstić information content (AvgIpc) is 3.22. The minimum atomic E-state index is -0.762. The molecule has 2 saturated heterocycles. The number of nitrogens with two attached hydrogens (primary N) is 1. The lowest BCUT2D eigenvalue weighted by Gasteiger charge is -2.34. The summed E-state index contributed by atoms with van der Waals surface area (Å²) in [5, 5.41) is 5.01. The zero-order chi connectivity index (χ0) is 47.9. The average molecular weight is 1280 g/mol. The molecule has 18 heteroatoms. The molecule has 4 rings (SSSR count). The highest BCUT2D eigenvalue weighted by atomic mass is 128. The summed E-state index contributed by atoms with van der Waals surface area (Å²) in [6, 6.07) is 11.2. The summed E-state index contributed by atoms with van der Waals surface area (Å²) in [6.45, 7) is 20.4. The Labute approximate surface area is 432 Å². The van der Waals surface area contributed by atoms with Gasteiger partial charge in [-0.15, -0.1) is 24.0 Å². The summed E-state index contributed by atoms with van der Waals surface area (Å²) in [4.78, 5) is 62.2. The van der Waals surface area contributed by atoms with Crippen molar-refractivity contribution in [2.45, 2.75) is 149 Å². The Kier molecular flexibility index (Phi) is 31.7. The molecule has 2 fully saturated rings. The van der Waals surface area contributed by atoms with Gasteiger partial charge in [0.1, 0.15) is 29.1 Å². The molecule has 364 valence electrons. The maximum absolute atomic E-state index is 12.2. The first-order valence-corrected chi connectivity index (χ1v) is 28.2. The third-order valence-electron chi connectivity index (χ3n) is 9.82. The van der Waals surface area contributed by atoms with Gasteiger partial charge in [0, 0.05) is 105 Å². The Morgan fingerprint density at radius 1 is 0.734 bits per heavy atom. The molecule has 2 aromatic rings. The number of hydrogen-bond acceptors (Lipinski definition) is 13. The Bertz CT molecular complexity index is 1740. The smallest absolute Gasteiger partial charge is 0.322 e. The van der Waals surface area contributed by atoms with Crippen molar-refractivity contribution in [1.29, 1.82) is 0 Å². The quantitative estimate of drug-likeness (QED) is 0.104. The van der Waals surface area contributed by atoms with Gasteiger partial charge in [0.2, 0.25) is 0 Å². The van der Waals surface area contributed by atoms with Crippen molar-refractivity contribution in [3.63, 3.8) is 0 Å². The second-order valence-electron chi connectivity index (χ2n) is 17.7. The second kappa shape index (κ2) is 32.4. The molecule has 2 aromatic carbocycles. The van der Waals surface area contributed by atoms with Crippen LogP contribution in [0, 0.1) is 13.8 Å². The van der Waals surface area contributed by atoms with Gasteiger partial charge in [0.15, 0.2) is 0 Å². The summed E-state index contributed by atoms with van der Waals surface area (Å²) in [6.07, 6.45) is 4.18. The third-order valence-corrected chi connectivity index (χ3v) is 10.7. The number of ketones is 1. The van der Waals surface area contributed by atoms with Gasteiger partial charge in [-0.25, -0.2) is 0 Å². The lowest BCUT2D eigenvalue weighted by Crippen LogP contribution is -2.49. The molecule has 2 aliphatic rings. The van der Waals surface area contributed by atoms with Gasteiger partial charge >= 0.3 is 23.9 Å². The molecular weight excluding hydrogens is 1200 g/mol. The van der Waals surface area contributed by atoms with Crippen molar-refractivity contribution in [2.24, 2.45) is 5.73 Å². The highest BCUT2D eigenvalue weighted by molar-refractivity contribution is 15.0. The standard InChI is InChI=1S/C23H35ClN2O4.C13H16ClNO.C10H19NO4.I2.HI/c1-16-14-17(6-7-19(16)24)15-26-12-10-18(11-13-26)25-20(22(28)29-5)8-9-21(27)30-23(2,3)4;1-10-8-11(2-3-13(10)14)9-15-6-4-12(16)5-7-15;1-10(2,3)15-8(12)6-5-7(11)9(13)14-4;1-2;/h6-7,14,18,20,25H,8-13,15H2,1-5H3;2-3,8H,4-7,9H2,1H3;7H,5-6,11H2,1-4H3;;1H/t20-;;7-;;/m1.1../s1. The van der Waals surface area contributed by atoms with Crippen LogP contribution in [0.1, 0.15) is 115 Å². The van der Waals surface area contributed by atoms with E-state index in [0.717, 1.165) is 73.3 Å². The maximum Gasteiger partial charge on any atom is 0.322 e. The summed E-state index contributed by atoms with van der Waals surface area (Å²) >= 11 is 16.3. The van der Waals surface area contributed by atoms with Gasteiger partial charge in [-0.1, -0.05) is 47.5 Å². The number of hydrogen-bond donors (Lipinski definition) is 2. The number of likely N-dealkylation sites (tertiary alicyclic amines) is 2. The molecule has 13 nitrogen and oxygen atoms in total. The fourth-order valence-corrected chi connectivity index (χ4v) is 6.87. The van der Waals surface area contributed by atoms with Gasteiger partial charge in [-0.05, 0) is 129 Å². The number of esters is 4. The van der Waals surface area contributed by atoms with E-state index in [9.17, 15) is 24.0 Å². The van der Waals surface area contributed by atoms with E-state index in [1.54, 1.807) is 20.8 Å². The third kappa shape index (κ3) is 27.4. The number of nitrogens with one attached hydrogen (secondary N) is 1. The first-order valence-electron chi connectivity index (χ1n) is 21.2. The number of carbonyl (C=O) groups excluding carboxylic acids is 5. The predicted octanol–water partition coefficient (Wildman–Crippen LogP) is 9.68. The number of aryl methyl sites for hydroxylation is 2. The van der Waals surface area contributed by atoms with Gasteiger partial charge in [0.05, 0.1) is 14.2 Å². The molecule has 0 aliphatic carbocycles. The fourth-order valence-electron chi connectivity index (χ4n) is 6.63. The summed E-state index contributed by atoms with van der Waals surface area (Å²) in [7, 11) is 2.64. The lowest BCUT2D eigenvalue weighted by molar-refractivity contribution is -0.156. The number of nitrogens with zero attached hydrogens (tertiary/aromatic N) is 2. The molecular formula is C46H71Cl2I3N4O9. The number of methoxy groups -OCH3 is 2. The highest BCUT2D eigenvalue weighted by Gasteiger charge is 2.28. The van der Waals surface area contributed by atoms with Crippen LogP contribution in [0.15, 0.2) is 36.4 Å². The number of benzene rings is 2. The molecule has 0 amide bonds. The van der Waals surface area contributed by atoms with E-state index in [1.165, 1.54) is 25.3 Å². The van der Waals surface area contributed by atoms with Crippen LogP contribution >= 0.6 is 84.4 Å². The Morgan fingerprint density at radius 2 is 1.14 bits per heavy atom. The first-order chi connectivity index (χ1) is 29.5. The largest absolute Gasteiger partial charge is 0.468 e. The Balaban J connectivity index is 0.000000988. The van der Waals surface area contributed by atoms with E-state index in [-0.39, 0.29) is 67.2 Å². The molecule has 0 aromatic heterocycles. The summed E-state index contributed by atoms with van der Waals surface area (Å²) in [5.74, 6) is -1.12. The van der Waals surface area contributed by atoms with E-state index in [1.807, 2.05) is 46.8 Å². The summed E-state index contributed by atoms with van der Waals surface area (Å²) in [5.41, 5.74) is 9.17. The molecule has 2 heterocycles. The minimum Gasteiger partial charge on any atom is -0.468 e. The number of carbonyl (C=O) groups is 5. The highest BCUT2D eigenvalue weighted by Crippen LogP contribution is 2.21. The zero-order valence-corrected chi connectivity index (χ0v) is 47.3. The predicted molar refractivity (Wildman–Crippen MR) is 283 cm³/mol. The minimum absolute atomic E-state index is 0. The van der Waals surface area contributed by atoms with Crippen LogP contribution in [0.2, 0.25) is 10.0 Å². The Hall–Kier alpha value is -1.40. The first kappa shape index (κ1) is 62.6. The van der Waals surface area contributed by atoms with Crippen molar-refractivity contribution in [2.75, 3.05) is 40.4 Å². The molecule has 0 unspecified atom stereocenters. The molecule has 0 saturated carbocycles. The molecule has 3 N–H and O–H groups in total. The zero-order valence-electron chi connectivity index (χ0n) is 39.2.